The highest BCUT2D eigenvalue weighted by Crippen LogP contribution is 2.28. The van der Waals surface area contributed by atoms with Crippen LogP contribution in [0.1, 0.15) is 49.2 Å². The van der Waals surface area contributed by atoms with Gasteiger partial charge in [-0.25, -0.2) is 4.79 Å². The molecule has 10 nitrogen and oxygen atoms in total. The quantitative estimate of drug-likeness (QED) is 0.137. The minimum Gasteiger partial charge on any atom is -0.459 e. The first kappa shape index (κ1) is 34.3. The van der Waals surface area contributed by atoms with Gasteiger partial charge in [-0.05, 0) is 63.6 Å². The minimum atomic E-state index is -0.996. The van der Waals surface area contributed by atoms with Crippen LogP contribution in [0.3, 0.4) is 0 Å². The SMILES string of the molecule is CC(C)(C)[C@H](NC(=O)C[C@H](C(=O)OCc1ccccc1)n1ccc(-c2ccc(-c3ccc(C(N)=O)cc3)cc2)c1)C(=O)Nc1ccncc1. The van der Waals surface area contributed by atoms with E-state index in [-0.39, 0.29) is 18.9 Å². The van der Waals surface area contributed by atoms with Gasteiger partial charge in [0.1, 0.15) is 18.7 Å². The monoisotopic (exact) mass is 657 g/mol. The van der Waals surface area contributed by atoms with Crippen molar-refractivity contribution >= 4 is 29.4 Å². The van der Waals surface area contributed by atoms with Gasteiger partial charge in [0.15, 0.2) is 0 Å². The molecule has 0 fully saturated rings. The van der Waals surface area contributed by atoms with Crippen LogP contribution in [0.25, 0.3) is 22.3 Å². The van der Waals surface area contributed by atoms with E-state index in [4.69, 9.17) is 10.5 Å². The van der Waals surface area contributed by atoms with Gasteiger partial charge >= 0.3 is 5.97 Å². The fourth-order valence-corrected chi connectivity index (χ4v) is 5.32. The molecule has 0 aliphatic carbocycles. The van der Waals surface area contributed by atoms with Crippen LogP contribution in [-0.4, -0.2) is 39.3 Å². The maximum atomic E-state index is 13.6. The summed E-state index contributed by atoms with van der Waals surface area (Å²) in [4.78, 5) is 55.9. The molecule has 5 rings (SSSR count). The predicted octanol–water partition coefficient (Wildman–Crippen LogP) is 6.16. The van der Waals surface area contributed by atoms with E-state index < -0.39 is 35.3 Å². The van der Waals surface area contributed by atoms with Crippen molar-refractivity contribution in [1.29, 1.82) is 0 Å². The summed E-state index contributed by atoms with van der Waals surface area (Å²) in [5.41, 5.74) is 10.2. The van der Waals surface area contributed by atoms with E-state index >= 15 is 0 Å². The second-order valence-corrected chi connectivity index (χ2v) is 12.8. The van der Waals surface area contributed by atoms with Gasteiger partial charge in [-0.1, -0.05) is 87.5 Å². The van der Waals surface area contributed by atoms with E-state index in [1.165, 1.54) is 0 Å². The van der Waals surface area contributed by atoms with Crippen molar-refractivity contribution < 1.29 is 23.9 Å². The molecule has 0 saturated heterocycles. The Bertz CT molecular complexity index is 1900. The predicted molar refractivity (Wildman–Crippen MR) is 188 cm³/mol. The fraction of sp³-hybridized carbons (Fsp3) is 0.205. The smallest absolute Gasteiger partial charge is 0.329 e. The molecule has 3 amide bonds. The van der Waals surface area contributed by atoms with Crippen molar-refractivity contribution in [3.05, 3.63) is 133 Å². The third kappa shape index (κ3) is 9.07. The zero-order valence-electron chi connectivity index (χ0n) is 27.6. The lowest BCUT2D eigenvalue weighted by Gasteiger charge is -2.31. The molecule has 2 aromatic heterocycles. The van der Waals surface area contributed by atoms with Crippen LogP contribution < -0.4 is 16.4 Å². The number of nitrogens with two attached hydrogens (primary N) is 1. The molecule has 2 heterocycles. The molecule has 3 aromatic carbocycles. The van der Waals surface area contributed by atoms with E-state index in [0.717, 1.165) is 27.8 Å². The molecule has 10 heteroatoms. The molecule has 0 bridgehead atoms. The molecular formula is C39H39N5O5. The molecule has 0 radical (unpaired) electrons. The Hall–Kier alpha value is -6.03. The highest BCUT2D eigenvalue weighted by Gasteiger charge is 2.34. The zero-order chi connectivity index (χ0) is 35.0. The van der Waals surface area contributed by atoms with Crippen LogP contribution >= 0.6 is 0 Å². The van der Waals surface area contributed by atoms with Crippen molar-refractivity contribution in [2.45, 2.75) is 45.9 Å². The molecule has 0 unspecified atom stereocenters. The first-order valence-electron chi connectivity index (χ1n) is 15.9. The van der Waals surface area contributed by atoms with Crippen LogP contribution in [0.5, 0.6) is 0 Å². The standard InChI is InChI=1S/C39H39N5O5/c1-39(2,3)35(37(47)42-32-17-20-41-21-18-32)43-34(45)23-33(38(48)49-25-26-7-5-4-6-8-26)44-22-19-31(24-44)29-11-9-27(10-12-29)28-13-15-30(16-14-28)36(40)46/h4-22,24,33,35H,23,25H2,1-3H3,(H2,40,46)(H,43,45)(H,41,42,47)/t33-,35-/m1/s1. The number of nitrogens with one attached hydrogen (secondary N) is 2. The molecule has 4 N–H and O–H groups in total. The van der Waals surface area contributed by atoms with Gasteiger partial charge in [0.05, 0.1) is 6.42 Å². The van der Waals surface area contributed by atoms with Gasteiger partial charge in [0.2, 0.25) is 17.7 Å². The molecular weight excluding hydrogens is 618 g/mol. The number of rotatable bonds is 12. The topological polar surface area (TPSA) is 145 Å². The number of hydrogen-bond acceptors (Lipinski definition) is 6. The number of carbonyl (C=O) groups is 4. The number of amides is 3. The Labute approximate surface area is 285 Å². The van der Waals surface area contributed by atoms with Crippen LogP contribution in [-0.2, 0) is 25.7 Å². The number of primary amides is 1. The normalized spacial score (nSPS) is 12.4. The van der Waals surface area contributed by atoms with Gasteiger partial charge < -0.3 is 25.7 Å². The third-order valence-electron chi connectivity index (χ3n) is 8.05. The third-order valence-corrected chi connectivity index (χ3v) is 8.05. The molecule has 0 saturated carbocycles. The largest absolute Gasteiger partial charge is 0.459 e. The van der Waals surface area contributed by atoms with Crippen molar-refractivity contribution in [2.75, 3.05) is 5.32 Å². The molecule has 0 aliphatic rings. The van der Waals surface area contributed by atoms with Crippen LogP contribution in [0, 0.1) is 5.41 Å². The Morgan fingerprint density at radius 1 is 0.796 bits per heavy atom. The van der Waals surface area contributed by atoms with Crippen molar-refractivity contribution in [2.24, 2.45) is 11.1 Å². The lowest BCUT2D eigenvalue weighted by atomic mass is 9.86. The molecule has 0 aliphatic heterocycles. The lowest BCUT2D eigenvalue weighted by Crippen LogP contribution is -2.52. The summed E-state index contributed by atoms with van der Waals surface area (Å²) in [6.07, 6.45) is 6.42. The summed E-state index contributed by atoms with van der Waals surface area (Å²) >= 11 is 0. The number of ether oxygens (including phenoxy) is 1. The highest BCUT2D eigenvalue weighted by atomic mass is 16.5. The molecule has 2 atom stereocenters. The second-order valence-electron chi connectivity index (χ2n) is 12.8. The first-order valence-corrected chi connectivity index (χ1v) is 15.9. The number of benzene rings is 3. The van der Waals surface area contributed by atoms with Crippen molar-refractivity contribution in [1.82, 2.24) is 14.9 Å². The van der Waals surface area contributed by atoms with E-state index in [2.05, 4.69) is 15.6 Å². The Balaban J connectivity index is 1.35. The Kier molecular flexibility index (Phi) is 10.7. The molecule has 49 heavy (non-hydrogen) atoms. The van der Waals surface area contributed by atoms with Gasteiger partial charge in [0.25, 0.3) is 0 Å². The second kappa shape index (κ2) is 15.2. The number of hydrogen-bond donors (Lipinski definition) is 3. The average molecular weight is 658 g/mol. The molecule has 5 aromatic rings. The minimum absolute atomic E-state index is 0.0484. The van der Waals surface area contributed by atoms with Crippen molar-refractivity contribution in [3.63, 3.8) is 0 Å². The number of esters is 1. The van der Waals surface area contributed by atoms with E-state index in [1.54, 1.807) is 53.6 Å². The average Bonchev–Trinajstić information content (AvgIpc) is 3.59. The van der Waals surface area contributed by atoms with Gasteiger partial charge in [-0.3, -0.25) is 19.4 Å². The summed E-state index contributed by atoms with van der Waals surface area (Å²) in [6, 6.07) is 27.5. The zero-order valence-corrected chi connectivity index (χ0v) is 27.6. The van der Waals surface area contributed by atoms with Gasteiger partial charge in [0, 0.05) is 36.0 Å². The Morgan fingerprint density at radius 3 is 1.98 bits per heavy atom. The summed E-state index contributed by atoms with van der Waals surface area (Å²) < 4.78 is 7.36. The number of carbonyl (C=O) groups excluding carboxylic acids is 4. The maximum Gasteiger partial charge on any atom is 0.329 e. The van der Waals surface area contributed by atoms with E-state index in [1.807, 2.05) is 93.6 Å². The van der Waals surface area contributed by atoms with E-state index in [0.29, 0.717) is 11.3 Å². The maximum absolute atomic E-state index is 13.6. The number of anilines is 1. The van der Waals surface area contributed by atoms with Gasteiger partial charge in [-0.15, -0.1) is 0 Å². The lowest BCUT2D eigenvalue weighted by molar-refractivity contribution is -0.150. The van der Waals surface area contributed by atoms with Crippen LogP contribution in [0.15, 0.2) is 122 Å². The highest BCUT2D eigenvalue weighted by molar-refractivity contribution is 5.98. The van der Waals surface area contributed by atoms with E-state index in [9.17, 15) is 19.2 Å². The number of pyridine rings is 1. The summed E-state index contributed by atoms with van der Waals surface area (Å²) in [7, 11) is 0. The summed E-state index contributed by atoms with van der Waals surface area (Å²) in [5, 5.41) is 5.70. The number of nitrogens with zero attached hydrogens (tertiary/aromatic N) is 2. The summed E-state index contributed by atoms with van der Waals surface area (Å²) in [6.45, 7) is 5.62. The number of aromatic nitrogens is 2. The van der Waals surface area contributed by atoms with Gasteiger partial charge in [-0.2, -0.15) is 0 Å². The molecule has 0 spiro atoms. The first-order chi connectivity index (χ1) is 23.5. The van der Waals surface area contributed by atoms with Crippen LogP contribution in [0.2, 0.25) is 0 Å². The molecule has 250 valence electrons. The summed E-state index contributed by atoms with van der Waals surface area (Å²) in [5.74, 6) is -1.92. The fourth-order valence-electron chi connectivity index (χ4n) is 5.32. The van der Waals surface area contributed by atoms with Crippen LogP contribution in [0.4, 0.5) is 5.69 Å². The Morgan fingerprint density at radius 2 is 1.39 bits per heavy atom. The van der Waals surface area contributed by atoms with Crippen molar-refractivity contribution in [3.8, 4) is 22.3 Å².